The zero-order valence-electron chi connectivity index (χ0n) is 9.01. The highest BCUT2D eigenvalue weighted by Crippen LogP contribution is 2.18. The van der Waals surface area contributed by atoms with Crippen molar-refractivity contribution in [3.05, 3.63) is 46.2 Å². The first-order valence-electron chi connectivity index (χ1n) is 4.91. The summed E-state index contributed by atoms with van der Waals surface area (Å²) in [6.45, 7) is 0.0490. The number of nitrogens with zero attached hydrogens (tertiary/aromatic N) is 2. The molecule has 0 aliphatic heterocycles. The molecule has 0 aliphatic rings. The molecular weight excluding hydrogens is 279 g/mol. The van der Waals surface area contributed by atoms with Gasteiger partial charge in [-0.15, -0.1) is 0 Å². The molecule has 0 fully saturated rings. The predicted molar refractivity (Wildman–Crippen MR) is 66.3 cm³/mol. The van der Waals surface area contributed by atoms with Gasteiger partial charge < -0.3 is 9.84 Å². The van der Waals surface area contributed by atoms with Crippen LogP contribution in [0.1, 0.15) is 10.5 Å². The van der Waals surface area contributed by atoms with Crippen molar-refractivity contribution >= 4 is 29.2 Å². The summed E-state index contributed by atoms with van der Waals surface area (Å²) in [7, 11) is 0. The van der Waals surface area contributed by atoms with Gasteiger partial charge in [0.25, 0.3) is 0 Å². The van der Waals surface area contributed by atoms with Crippen LogP contribution in [0.5, 0.6) is 5.75 Å². The maximum atomic E-state index is 10.7. The van der Waals surface area contributed by atoms with E-state index in [9.17, 15) is 4.79 Å². The number of rotatable bonds is 4. The molecule has 2 aromatic rings. The first kappa shape index (κ1) is 12.7. The molecular formula is C11H8Cl2N2O3. The summed E-state index contributed by atoms with van der Waals surface area (Å²) in [5.74, 6) is -0.618. The van der Waals surface area contributed by atoms with Crippen LogP contribution in [0.3, 0.4) is 0 Å². The molecule has 0 radical (unpaired) electrons. The van der Waals surface area contributed by atoms with Gasteiger partial charge in [0.05, 0.1) is 5.02 Å². The van der Waals surface area contributed by atoms with E-state index in [4.69, 9.17) is 33.0 Å². The predicted octanol–water partition coefficient (Wildman–Crippen LogP) is 2.92. The maximum Gasteiger partial charge on any atom is 0.357 e. The van der Waals surface area contributed by atoms with Gasteiger partial charge in [-0.05, 0) is 18.2 Å². The van der Waals surface area contributed by atoms with Crippen LogP contribution < -0.4 is 4.74 Å². The minimum absolute atomic E-state index is 0.0490. The van der Waals surface area contributed by atoms with E-state index in [1.54, 1.807) is 24.3 Å². The lowest BCUT2D eigenvalue weighted by molar-refractivity contribution is 0.0688. The van der Waals surface area contributed by atoms with Crippen molar-refractivity contribution in [2.75, 3.05) is 0 Å². The lowest BCUT2D eigenvalue weighted by Gasteiger charge is -2.05. The number of halogens is 2. The Balaban J connectivity index is 2.06. The molecule has 0 unspecified atom stereocenters. The summed E-state index contributed by atoms with van der Waals surface area (Å²) in [5, 5.41) is 13.2. The Labute approximate surface area is 113 Å². The highest BCUT2D eigenvalue weighted by Gasteiger charge is 2.13. The Morgan fingerprint density at radius 3 is 2.83 bits per heavy atom. The number of carboxylic acids is 1. The van der Waals surface area contributed by atoms with Crippen LogP contribution >= 0.6 is 23.2 Å². The fraction of sp³-hybridized carbons (Fsp3) is 0.0909. The molecule has 1 heterocycles. The lowest BCUT2D eigenvalue weighted by Crippen LogP contribution is -2.07. The molecule has 1 aromatic carbocycles. The van der Waals surface area contributed by atoms with Crippen molar-refractivity contribution in [2.24, 2.45) is 0 Å². The molecule has 0 amide bonds. The van der Waals surface area contributed by atoms with E-state index in [1.165, 1.54) is 10.9 Å². The normalized spacial score (nSPS) is 10.3. The first-order valence-corrected chi connectivity index (χ1v) is 5.66. The summed E-state index contributed by atoms with van der Waals surface area (Å²) in [4.78, 5) is 10.7. The van der Waals surface area contributed by atoms with Crippen LogP contribution in [0.25, 0.3) is 0 Å². The zero-order chi connectivity index (χ0) is 13.1. The fourth-order valence-electron chi connectivity index (χ4n) is 1.31. The van der Waals surface area contributed by atoms with Crippen molar-refractivity contribution in [3.63, 3.8) is 0 Å². The molecule has 1 aromatic heterocycles. The van der Waals surface area contributed by atoms with Gasteiger partial charge in [0.1, 0.15) is 5.75 Å². The highest BCUT2D eigenvalue weighted by molar-refractivity contribution is 6.33. The monoisotopic (exact) mass is 286 g/mol. The molecule has 7 heteroatoms. The van der Waals surface area contributed by atoms with Crippen LogP contribution in [0.2, 0.25) is 10.0 Å². The quantitative estimate of drug-likeness (QED) is 0.939. The molecule has 1 N–H and O–H groups in total. The second kappa shape index (κ2) is 5.29. The van der Waals surface area contributed by atoms with Gasteiger partial charge in [-0.1, -0.05) is 29.3 Å². The molecule has 0 spiro atoms. The summed E-state index contributed by atoms with van der Waals surface area (Å²) >= 11 is 11.5. The van der Waals surface area contributed by atoms with Gasteiger partial charge in [-0.3, -0.25) is 0 Å². The molecule has 0 atom stereocenters. The van der Waals surface area contributed by atoms with E-state index in [-0.39, 0.29) is 17.4 Å². The van der Waals surface area contributed by atoms with Crippen molar-refractivity contribution in [2.45, 2.75) is 6.73 Å². The zero-order valence-corrected chi connectivity index (χ0v) is 10.5. The van der Waals surface area contributed by atoms with E-state index in [2.05, 4.69) is 5.10 Å². The standard InChI is InChI=1S/C11H8Cl2N2O3/c12-7-2-1-3-8(4-7)18-6-15-5-9(13)10(14-15)11(16)17/h1-5H,6H2,(H,16,17). The lowest BCUT2D eigenvalue weighted by atomic mass is 10.3. The number of benzene rings is 1. The number of carbonyl (C=O) groups is 1. The SMILES string of the molecule is O=C(O)c1nn(COc2cccc(Cl)c2)cc1Cl. The average molecular weight is 287 g/mol. The Kier molecular flexibility index (Phi) is 3.74. The number of hydrogen-bond acceptors (Lipinski definition) is 3. The Morgan fingerprint density at radius 1 is 1.44 bits per heavy atom. The summed E-state index contributed by atoms with van der Waals surface area (Å²) in [5.41, 5.74) is -0.202. The van der Waals surface area contributed by atoms with Gasteiger partial charge in [0, 0.05) is 11.2 Å². The van der Waals surface area contributed by atoms with Crippen LogP contribution in [-0.4, -0.2) is 20.9 Å². The van der Waals surface area contributed by atoms with E-state index in [1.807, 2.05) is 0 Å². The third-order valence-electron chi connectivity index (χ3n) is 2.08. The van der Waals surface area contributed by atoms with E-state index >= 15 is 0 Å². The Bertz CT molecular complexity index is 583. The third kappa shape index (κ3) is 2.94. The van der Waals surface area contributed by atoms with Crippen LogP contribution in [-0.2, 0) is 6.73 Å². The topological polar surface area (TPSA) is 64.3 Å². The smallest absolute Gasteiger partial charge is 0.357 e. The van der Waals surface area contributed by atoms with Crippen molar-refractivity contribution in [3.8, 4) is 5.75 Å². The number of aromatic nitrogens is 2. The van der Waals surface area contributed by atoms with E-state index < -0.39 is 5.97 Å². The summed E-state index contributed by atoms with van der Waals surface area (Å²) in [6, 6.07) is 6.85. The number of aromatic carboxylic acids is 1. The van der Waals surface area contributed by atoms with Crippen molar-refractivity contribution in [1.82, 2.24) is 9.78 Å². The second-order valence-corrected chi connectivity index (χ2v) is 4.24. The van der Waals surface area contributed by atoms with E-state index in [0.717, 1.165) is 0 Å². The van der Waals surface area contributed by atoms with Crippen molar-refractivity contribution in [1.29, 1.82) is 0 Å². The minimum Gasteiger partial charge on any atom is -0.476 e. The largest absolute Gasteiger partial charge is 0.476 e. The van der Waals surface area contributed by atoms with Gasteiger partial charge in [0.2, 0.25) is 0 Å². The van der Waals surface area contributed by atoms with Gasteiger partial charge >= 0.3 is 5.97 Å². The molecule has 94 valence electrons. The van der Waals surface area contributed by atoms with Gasteiger partial charge in [0.15, 0.2) is 12.4 Å². The molecule has 0 bridgehead atoms. The number of hydrogen-bond donors (Lipinski definition) is 1. The van der Waals surface area contributed by atoms with Gasteiger partial charge in [-0.2, -0.15) is 5.10 Å². The second-order valence-electron chi connectivity index (χ2n) is 3.40. The molecule has 0 saturated carbocycles. The molecule has 18 heavy (non-hydrogen) atoms. The van der Waals surface area contributed by atoms with E-state index in [0.29, 0.717) is 10.8 Å². The minimum atomic E-state index is -1.18. The summed E-state index contributed by atoms with van der Waals surface area (Å²) in [6.07, 6.45) is 1.38. The first-order chi connectivity index (χ1) is 8.56. The maximum absolute atomic E-state index is 10.7. The number of ether oxygens (including phenoxy) is 1. The third-order valence-corrected chi connectivity index (χ3v) is 2.59. The molecule has 2 rings (SSSR count). The van der Waals surface area contributed by atoms with Crippen LogP contribution in [0.4, 0.5) is 0 Å². The Hall–Kier alpha value is -1.72. The molecule has 0 aliphatic carbocycles. The molecule has 5 nitrogen and oxygen atoms in total. The van der Waals surface area contributed by atoms with Crippen molar-refractivity contribution < 1.29 is 14.6 Å². The van der Waals surface area contributed by atoms with Crippen LogP contribution in [0, 0.1) is 0 Å². The van der Waals surface area contributed by atoms with Gasteiger partial charge in [-0.25, -0.2) is 9.48 Å². The Morgan fingerprint density at radius 2 is 2.22 bits per heavy atom. The summed E-state index contributed by atoms with van der Waals surface area (Å²) < 4.78 is 6.68. The molecule has 0 saturated heterocycles. The average Bonchev–Trinajstić information content (AvgIpc) is 2.68. The number of carboxylic acid groups (broad SMARTS) is 1. The fourth-order valence-corrected chi connectivity index (χ4v) is 1.72. The highest BCUT2D eigenvalue weighted by atomic mass is 35.5. The van der Waals surface area contributed by atoms with Crippen LogP contribution in [0.15, 0.2) is 30.5 Å².